The molecule has 0 saturated heterocycles. The SMILES string of the molecule is O=C(NN=C(c1ccccc1)c1ccc(Br)cc1)c1ccc(N([O-])O)cc1. The van der Waals surface area contributed by atoms with Crippen molar-refractivity contribution in [2.45, 2.75) is 0 Å². The van der Waals surface area contributed by atoms with Crippen molar-refractivity contribution in [2.24, 2.45) is 5.10 Å². The second-order valence-corrected chi connectivity index (χ2v) is 6.51. The molecule has 1 amide bonds. The summed E-state index contributed by atoms with van der Waals surface area (Å²) in [6.45, 7) is 0. The number of nitrogens with zero attached hydrogens (tertiary/aromatic N) is 2. The van der Waals surface area contributed by atoms with Crippen LogP contribution in [0.2, 0.25) is 0 Å². The molecule has 2 N–H and O–H groups in total. The number of rotatable bonds is 5. The molecule has 0 unspecified atom stereocenters. The van der Waals surface area contributed by atoms with Crippen LogP contribution in [0.5, 0.6) is 0 Å². The van der Waals surface area contributed by atoms with Crippen LogP contribution in [0.4, 0.5) is 5.69 Å². The van der Waals surface area contributed by atoms with Crippen LogP contribution in [-0.2, 0) is 0 Å². The minimum Gasteiger partial charge on any atom is -0.733 e. The fourth-order valence-corrected chi connectivity index (χ4v) is 2.68. The zero-order valence-electron chi connectivity index (χ0n) is 14.0. The van der Waals surface area contributed by atoms with E-state index >= 15 is 0 Å². The van der Waals surface area contributed by atoms with Crippen LogP contribution in [0.25, 0.3) is 0 Å². The van der Waals surface area contributed by atoms with E-state index in [-0.39, 0.29) is 10.9 Å². The number of benzene rings is 3. The molecule has 0 radical (unpaired) electrons. The van der Waals surface area contributed by atoms with Gasteiger partial charge in [0, 0.05) is 21.2 Å². The summed E-state index contributed by atoms with van der Waals surface area (Å²) in [6, 6.07) is 22.7. The van der Waals surface area contributed by atoms with Crippen LogP contribution in [-0.4, -0.2) is 16.8 Å². The van der Waals surface area contributed by atoms with Gasteiger partial charge in [0.2, 0.25) is 0 Å². The van der Waals surface area contributed by atoms with Crippen molar-refractivity contribution < 1.29 is 10.0 Å². The second kappa shape index (κ2) is 8.59. The monoisotopic (exact) mass is 424 g/mol. The van der Waals surface area contributed by atoms with Crippen molar-refractivity contribution in [3.05, 3.63) is 105 Å². The molecule has 136 valence electrons. The van der Waals surface area contributed by atoms with Gasteiger partial charge in [-0.2, -0.15) is 5.10 Å². The summed E-state index contributed by atoms with van der Waals surface area (Å²) >= 11 is 3.41. The quantitative estimate of drug-likeness (QED) is 0.471. The van der Waals surface area contributed by atoms with Crippen LogP contribution < -0.4 is 10.7 Å². The Labute approximate surface area is 164 Å². The van der Waals surface area contributed by atoms with Gasteiger partial charge < -0.3 is 10.4 Å². The number of carbonyl (C=O) groups is 1. The summed E-state index contributed by atoms with van der Waals surface area (Å²) in [5, 5.41) is 23.7. The van der Waals surface area contributed by atoms with Gasteiger partial charge in [0.1, 0.15) is 0 Å². The molecule has 0 saturated carbocycles. The predicted octanol–water partition coefficient (Wildman–Crippen LogP) is 4.32. The third-order valence-corrected chi connectivity index (χ3v) is 4.31. The predicted molar refractivity (Wildman–Crippen MR) is 108 cm³/mol. The van der Waals surface area contributed by atoms with Crippen molar-refractivity contribution in [3.8, 4) is 0 Å². The number of amides is 1. The van der Waals surface area contributed by atoms with E-state index in [0.717, 1.165) is 15.6 Å². The van der Waals surface area contributed by atoms with Gasteiger partial charge >= 0.3 is 0 Å². The summed E-state index contributed by atoms with van der Waals surface area (Å²) < 4.78 is 0.944. The first-order valence-corrected chi connectivity index (χ1v) is 8.79. The van der Waals surface area contributed by atoms with Gasteiger partial charge in [-0.1, -0.05) is 58.4 Å². The molecule has 0 aliphatic rings. The highest BCUT2D eigenvalue weighted by Crippen LogP contribution is 2.16. The lowest BCUT2D eigenvalue weighted by molar-refractivity contribution is 0.0955. The zero-order valence-corrected chi connectivity index (χ0v) is 15.6. The molecule has 0 aliphatic heterocycles. The molecule has 0 heterocycles. The summed E-state index contributed by atoms with van der Waals surface area (Å²) in [7, 11) is 0. The molecular weight excluding hydrogens is 410 g/mol. The smallest absolute Gasteiger partial charge is 0.271 e. The maximum absolute atomic E-state index is 12.4. The fraction of sp³-hybridized carbons (Fsp3) is 0. The fourth-order valence-electron chi connectivity index (χ4n) is 2.41. The Morgan fingerprint density at radius 2 is 1.44 bits per heavy atom. The van der Waals surface area contributed by atoms with Crippen molar-refractivity contribution in [1.29, 1.82) is 0 Å². The van der Waals surface area contributed by atoms with Crippen molar-refractivity contribution in [1.82, 2.24) is 5.43 Å². The lowest BCUT2D eigenvalue weighted by atomic mass is 10.0. The normalized spacial score (nSPS) is 11.1. The average molecular weight is 425 g/mol. The van der Waals surface area contributed by atoms with Gasteiger partial charge in [0.15, 0.2) is 0 Å². The largest absolute Gasteiger partial charge is 0.733 e. The highest BCUT2D eigenvalue weighted by molar-refractivity contribution is 9.10. The minimum absolute atomic E-state index is 0.0369. The molecule has 0 fully saturated rings. The molecule has 7 heteroatoms. The molecular formula is C20H15BrN3O3-. The third kappa shape index (κ3) is 4.79. The van der Waals surface area contributed by atoms with Crippen LogP contribution in [0.15, 0.2) is 88.4 Å². The van der Waals surface area contributed by atoms with E-state index in [1.807, 2.05) is 54.6 Å². The Bertz CT molecular complexity index is 940. The topological polar surface area (TPSA) is 88.0 Å². The summed E-state index contributed by atoms with van der Waals surface area (Å²) in [5.41, 5.74) is 5.22. The van der Waals surface area contributed by atoms with E-state index in [2.05, 4.69) is 26.5 Å². The van der Waals surface area contributed by atoms with Gasteiger partial charge in [0.25, 0.3) is 5.91 Å². The summed E-state index contributed by atoms with van der Waals surface area (Å²) in [6.07, 6.45) is 0. The van der Waals surface area contributed by atoms with Gasteiger partial charge in [-0.15, -0.1) is 0 Å². The highest BCUT2D eigenvalue weighted by Gasteiger charge is 2.09. The maximum Gasteiger partial charge on any atom is 0.271 e. The molecule has 3 rings (SSSR count). The third-order valence-electron chi connectivity index (χ3n) is 3.78. The molecule has 0 spiro atoms. The van der Waals surface area contributed by atoms with Crippen LogP contribution >= 0.6 is 15.9 Å². The van der Waals surface area contributed by atoms with Gasteiger partial charge in [-0.3, -0.25) is 10.0 Å². The van der Waals surface area contributed by atoms with E-state index in [1.54, 1.807) is 0 Å². The van der Waals surface area contributed by atoms with Crippen molar-refractivity contribution in [2.75, 3.05) is 5.23 Å². The lowest BCUT2D eigenvalue weighted by Gasteiger charge is -2.21. The van der Waals surface area contributed by atoms with E-state index in [0.29, 0.717) is 11.3 Å². The molecule has 0 aromatic heterocycles. The molecule has 0 aliphatic carbocycles. The summed E-state index contributed by atoms with van der Waals surface area (Å²) in [4.78, 5) is 12.4. The molecule has 3 aromatic rings. The Kier molecular flexibility index (Phi) is 5.97. The number of hydrogen-bond acceptors (Lipinski definition) is 5. The first-order valence-electron chi connectivity index (χ1n) is 8.00. The Hall–Kier alpha value is -3.00. The maximum atomic E-state index is 12.4. The highest BCUT2D eigenvalue weighted by atomic mass is 79.9. The first kappa shape index (κ1) is 18.8. The minimum atomic E-state index is -0.428. The lowest BCUT2D eigenvalue weighted by Crippen LogP contribution is -2.20. The number of halogens is 1. The van der Waals surface area contributed by atoms with Crippen LogP contribution in [0, 0.1) is 5.21 Å². The molecule has 3 aromatic carbocycles. The molecule has 27 heavy (non-hydrogen) atoms. The molecule has 6 nitrogen and oxygen atoms in total. The molecule has 0 atom stereocenters. The number of hydrogen-bond donors (Lipinski definition) is 2. The Morgan fingerprint density at radius 1 is 0.889 bits per heavy atom. The van der Waals surface area contributed by atoms with Crippen molar-refractivity contribution in [3.63, 3.8) is 0 Å². The molecule has 0 bridgehead atoms. The Balaban J connectivity index is 1.87. The first-order chi connectivity index (χ1) is 13.0. The van der Waals surface area contributed by atoms with Crippen LogP contribution in [0.1, 0.15) is 21.5 Å². The zero-order chi connectivity index (χ0) is 19.2. The van der Waals surface area contributed by atoms with Gasteiger partial charge in [0.05, 0.1) is 11.4 Å². The number of carbonyl (C=O) groups excluding carboxylic acids is 1. The van der Waals surface area contributed by atoms with Gasteiger partial charge in [-0.05, 0) is 36.4 Å². The van der Waals surface area contributed by atoms with Crippen molar-refractivity contribution >= 4 is 33.2 Å². The van der Waals surface area contributed by atoms with E-state index < -0.39 is 5.91 Å². The van der Waals surface area contributed by atoms with E-state index in [9.17, 15) is 10.0 Å². The Morgan fingerprint density at radius 3 is 2.04 bits per heavy atom. The number of nitrogens with one attached hydrogen (secondary N) is 1. The summed E-state index contributed by atoms with van der Waals surface area (Å²) in [5.74, 6) is -0.428. The average Bonchev–Trinajstić information content (AvgIpc) is 2.70. The second-order valence-electron chi connectivity index (χ2n) is 5.59. The van der Waals surface area contributed by atoms with E-state index in [1.165, 1.54) is 24.3 Å². The van der Waals surface area contributed by atoms with Gasteiger partial charge in [-0.25, -0.2) is 5.43 Å². The number of hydrazone groups is 1. The standard InChI is InChI=1S/C20H15BrN3O3/c21-17-10-6-15(7-11-17)19(14-4-2-1-3-5-14)22-23-20(25)16-8-12-18(13-9-16)24(26)27/h1-13,26H,(H,23,25)/q-1. The van der Waals surface area contributed by atoms with Crippen LogP contribution in [0.3, 0.4) is 0 Å². The van der Waals surface area contributed by atoms with E-state index in [4.69, 9.17) is 5.21 Å². The number of anilines is 1.